The van der Waals surface area contributed by atoms with E-state index in [1.165, 1.54) is 0 Å². The van der Waals surface area contributed by atoms with Gasteiger partial charge in [0.15, 0.2) is 0 Å². The number of carbonyl (C=O) groups excluding carboxylic acids is 2. The molecule has 2 heterocycles. The van der Waals surface area contributed by atoms with Crippen molar-refractivity contribution >= 4 is 11.8 Å². The van der Waals surface area contributed by atoms with Crippen LogP contribution in [-0.4, -0.2) is 35.2 Å². The van der Waals surface area contributed by atoms with Gasteiger partial charge >= 0.3 is 0 Å². The highest BCUT2D eigenvalue weighted by Crippen LogP contribution is 2.18. The minimum Gasteiger partial charge on any atom is -0.361 e. The first-order valence-corrected chi connectivity index (χ1v) is 9.16. The molecule has 0 saturated heterocycles. The fourth-order valence-electron chi connectivity index (χ4n) is 2.78. The zero-order valence-corrected chi connectivity index (χ0v) is 16.9. The Morgan fingerprint density at radius 3 is 1.56 bits per heavy atom. The minimum absolute atomic E-state index is 0.215. The Bertz CT molecular complexity index is 754. The Hall–Kier alpha value is -2.64. The van der Waals surface area contributed by atoms with Crippen molar-refractivity contribution in [3.8, 4) is 0 Å². The Balaban J connectivity index is 1.95. The molecule has 0 unspecified atom stereocenters. The van der Waals surface area contributed by atoms with Gasteiger partial charge in [-0.2, -0.15) is 0 Å². The van der Waals surface area contributed by atoms with Crippen LogP contribution >= 0.6 is 0 Å². The van der Waals surface area contributed by atoms with E-state index in [1.807, 2.05) is 27.7 Å². The molecule has 8 nitrogen and oxygen atoms in total. The number of carbonyl (C=O) groups is 2. The van der Waals surface area contributed by atoms with Gasteiger partial charge in [0.25, 0.3) is 11.8 Å². The minimum atomic E-state index is -0.347. The van der Waals surface area contributed by atoms with Crippen LogP contribution in [0.5, 0.6) is 0 Å². The third-order valence-corrected chi connectivity index (χ3v) is 4.45. The summed E-state index contributed by atoms with van der Waals surface area (Å²) in [6.45, 7) is 12.0. The molecular weight excluding hydrogens is 348 g/mol. The summed E-state index contributed by atoms with van der Waals surface area (Å²) in [6.07, 6.45) is 1.24. The summed E-state index contributed by atoms with van der Waals surface area (Å²) in [6, 6.07) is 0. The molecule has 0 radical (unpaired) electrons. The number of rotatable bonds is 8. The first kappa shape index (κ1) is 20.7. The molecule has 2 amide bonds. The fourth-order valence-corrected chi connectivity index (χ4v) is 2.78. The highest BCUT2D eigenvalue weighted by molar-refractivity contribution is 5.96. The van der Waals surface area contributed by atoms with Crippen molar-refractivity contribution in [3.63, 3.8) is 0 Å². The molecule has 0 bridgehead atoms. The van der Waals surface area contributed by atoms with E-state index < -0.39 is 0 Å². The number of hydrogen-bond donors (Lipinski definition) is 2. The molecule has 0 aliphatic heterocycles. The molecule has 148 valence electrons. The van der Waals surface area contributed by atoms with Crippen LogP contribution in [0, 0.1) is 19.3 Å². The van der Waals surface area contributed by atoms with E-state index in [4.69, 9.17) is 9.05 Å². The smallest absolute Gasteiger partial charge is 0.256 e. The lowest BCUT2D eigenvalue weighted by Gasteiger charge is -2.25. The molecular formula is C19H28N4O4. The van der Waals surface area contributed by atoms with E-state index in [1.54, 1.807) is 13.8 Å². The molecule has 27 heavy (non-hydrogen) atoms. The molecule has 0 aliphatic rings. The van der Waals surface area contributed by atoms with Crippen molar-refractivity contribution in [2.75, 3.05) is 13.1 Å². The van der Waals surface area contributed by atoms with Crippen molar-refractivity contribution < 1.29 is 18.6 Å². The van der Waals surface area contributed by atoms with Gasteiger partial charge in [-0.1, -0.05) is 38.0 Å². The van der Waals surface area contributed by atoms with Crippen LogP contribution in [0.25, 0.3) is 0 Å². The molecule has 2 N–H and O–H groups in total. The van der Waals surface area contributed by atoms with Gasteiger partial charge in [0.2, 0.25) is 0 Å². The predicted molar refractivity (Wildman–Crippen MR) is 99.7 cm³/mol. The van der Waals surface area contributed by atoms with Crippen molar-refractivity contribution in [2.45, 2.75) is 54.4 Å². The molecule has 0 atom stereocenters. The quantitative estimate of drug-likeness (QED) is 0.733. The van der Waals surface area contributed by atoms with Crippen molar-refractivity contribution in [1.82, 2.24) is 20.9 Å². The third-order valence-electron chi connectivity index (χ3n) is 4.45. The van der Waals surface area contributed by atoms with Gasteiger partial charge in [-0.3, -0.25) is 9.59 Å². The second kappa shape index (κ2) is 8.37. The van der Waals surface area contributed by atoms with Gasteiger partial charge in [-0.15, -0.1) is 0 Å². The fraction of sp³-hybridized carbons (Fsp3) is 0.579. The van der Waals surface area contributed by atoms with E-state index in [-0.39, 0.29) is 17.2 Å². The molecule has 2 aromatic heterocycles. The lowest BCUT2D eigenvalue weighted by atomic mass is 9.93. The molecule has 2 rings (SSSR count). The number of hydrogen-bond acceptors (Lipinski definition) is 6. The SMILES string of the molecule is CCc1noc(C)c1C(=O)NCC(C)(C)CNC(=O)c1c(CC)noc1C. The summed E-state index contributed by atoms with van der Waals surface area (Å²) < 4.78 is 10.2. The van der Waals surface area contributed by atoms with Gasteiger partial charge in [0.1, 0.15) is 22.6 Å². The molecule has 0 saturated carbocycles. The zero-order valence-electron chi connectivity index (χ0n) is 16.9. The predicted octanol–water partition coefficient (Wildman–Crippen LogP) is 2.59. The van der Waals surface area contributed by atoms with E-state index in [0.717, 1.165) is 0 Å². The number of aryl methyl sites for hydroxylation is 4. The normalized spacial score (nSPS) is 11.5. The van der Waals surface area contributed by atoms with Crippen LogP contribution in [0.1, 0.15) is 71.3 Å². The topological polar surface area (TPSA) is 110 Å². The lowest BCUT2D eigenvalue weighted by molar-refractivity contribution is 0.0918. The number of nitrogens with zero attached hydrogens (tertiary/aromatic N) is 2. The molecule has 8 heteroatoms. The average molecular weight is 376 g/mol. The molecule has 0 fully saturated rings. The van der Waals surface area contributed by atoms with Crippen LogP contribution in [-0.2, 0) is 12.8 Å². The van der Waals surface area contributed by atoms with Crippen LogP contribution < -0.4 is 10.6 Å². The number of nitrogens with one attached hydrogen (secondary N) is 2. The van der Waals surface area contributed by atoms with Gasteiger partial charge in [0.05, 0.1) is 11.4 Å². The largest absolute Gasteiger partial charge is 0.361 e. The summed E-state index contributed by atoms with van der Waals surface area (Å²) in [5.41, 5.74) is 1.92. The molecule has 2 aromatic rings. The third kappa shape index (κ3) is 4.75. The van der Waals surface area contributed by atoms with Crippen LogP contribution in [0.3, 0.4) is 0 Å². The molecule has 0 spiro atoms. The van der Waals surface area contributed by atoms with Crippen LogP contribution in [0.15, 0.2) is 9.05 Å². The van der Waals surface area contributed by atoms with Gasteiger partial charge in [-0.05, 0) is 32.1 Å². The monoisotopic (exact) mass is 376 g/mol. The highest BCUT2D eigenvalue weighted by atomic mass is 16.5. The summed E-state index contributed by atoms with van der Waals surface area (Å²) >= 11 is 0. The Morgan fingerprint density at radius 1 is 0.852 bits per heavy atom. The Morgan fingerprint density at radius 2 is 1.22 bits per heavy atom. The second-order valence-corrected chi connectivity index (χ2v) is 7.36. The van der Waals surface area contributed by atoms with Gasteiger partial charge in [-0.25, -0.2) is 0 Å². The summed E-state index contributed by atoms with van der Waals surface area (Å²) in [4.78, 5) is 25.0. The summed E-state index contributed by atoms with van der Waals surface area (Å²) in [5.74, 6) is 0.581. The Kier molecular flexibility index (Phi) is 6.41. The van der Waals surface area contributed by atoms with E-state index in [2.05, 4.69) is 20.9 Å². The number of aromatic nitrogens is 2. The molecule has 0 aliphatic carbocycles. The maximum atomic E-state index is 12.5. The van der Waals surface area contributed by atoms with E-state index >= 15 is 0 Å². The average Bonchev–Trinajstić information content (AvgIpc) is 3.20. The maximum absolute atomic E-state index is 12.5. The van der Waals surface area contributed by atoms with Crippen molar-refractivity contribution in [1.29, 1.82) is 0 Å². The van der Waals surface area contributed by atoms with E-state index in [9.17, 15) is 9.59 Å². The van der Waals surface area contributed by atoms with Crippen LogP contribution in [0.4, 0.5) is 0 Å². The summed E-state index contributed by atoms with van der Waals surface area (Å²) in [5, 5.41) is 13.6. The highest BCUT2D eigenvalue weighted by Gasteiger charge is 2.25. The first-order chi connectivity index (χ1) is 12.7. The first-order valence-electron chi connectivity index (χ1n) is 9.16. The van der Waals surface area contributed by atoms with Crippen LogP contribution in [0.2, 0.25) is 0 Å². The lowest BCUT2D eigenvalue weighted by Crippen LogP contribution is -2.42. The Labute approximate surface area is 159 Å². The van der Waals surface area contributed by atoms with Crippen molar-refractivity contribution in [3.05, 3.63) is 34.0 Å². The number of amides is 2. The molecule has 0 aromatic carbocycles. The maximum Gasteiger partial charge on any atom is 0.256 e. The van der Waals surface area contributed by atoms with Gasteiger partial charge in [0, 0.05) is 13.1 Å². The second-order valence-electron chi connectivity index (χ2n) is 7.36. The van der Waals surface area contributed by atoms with Gasteiger partial charge < -0.3 is 19.7 Å². The zero-order chi connectivity index (χ0) is 20.2. The van der Waals surface area contributed by atoms with Crippen molar-refractivity contribution in [2.24, 2.45) is 5.41 Å². The standard InChI is InChI=1S/C19H28N4O4/c1-7-13-15(11(3)26-22-13)17(24)20-9-19(5,6)10-21-18(25)16-12(4)27-23-14(16)8-2/h7-10H2,1-6H3,(H,20,24)(H,21,25). The summed E-state index contributed by atoms with van der Waals surface area (Å²) in [7, 11) is 0. The van der Waals surface area contributed by atoms with E-state index in [0.29, 0.717) is 60.0 Å².